The number of aryl methyl sites for hydroxylation is 1. The number of carbonyl (C=O) groups excluding carboxylic acids is 1. The van der Waals surface area contributed by atoms with E-state index in [1.54, 1.807) is 42.5 Å². The molecule has 4 aromatic rings. The molecule has 156 valence electrons. The topological polar surface area (TPSA) is 106 Å². The van der Waals surface area contributed by atoms with Gasteiger partial charge in [0, 0.05) is 23.9 Å². The number of benzene rings is 3. The highest BCUT2D eigenvalue weighted by Crippen LogP contribution is 2.41. The van der Waals surface area contributed by atoms with Gasteiger partial charge >= 0.3 is 0 Å². The standard InChI is InChI=1S/C24H15N3O5/c1-14-7-10-21-17(11-14)22(28)18-13-25-19-12-16(27(30)31)8-9-20(19)26(24(18)32-21)23(29)15-5-3-2-4-6-15/h2-13H,1H3. The van der Waals surface area contributed by atoms with Crippen molar-refractivity contribution in [1.29, 1.82) is 0 Å². The van der Waals surface area contributed by atoms with Gasteiger partial charge in [-0.3, -0.25) is 24.7 Å². The fourth-order valence-corrected chi connectivity index (χ4v) is 3.66. The first kappa shape index (κ1) is 19.4. The number of rotatable bonds is 2. The maximum atomic E-state index is 13.6. The molecule has 0 fully saturated rings. The van der Waals surface area contributed by atoms with Crippen LogP contribution in [-0.4, -0.2) is 17.0 Å². The van der Waals surface area contributed by atoms with Gasteiger partial charge in [0.15, 0.2) is 0 Å². The van der Waals surface area contributed by atoms with Crippen LogP contribution >= 0.6 is 0 Å². The lowest BCUT2D eigenvalue weighted by Gasteiger charge is -2.23. The van der Waals surface area contributed by atoms with Crippen LogP contribution in [0.3, 0.4) is 0 Å². The summed E-state index contributed by atoms with van der Waals surface area (Å²) in [7, 11) is 0. The number of nitro benzene ring substituents is 1. The maximum Gasteiger partial charge on any atom is 0.271 e. The number of anilines is 2. The number of hydrogen-bond acceptors (Lipinski definition) is 6. The van der Waals surface area contributed by atoms with E-state index in [1.807, 2.05) is 13.0 Å². The first-order valence-corrected chi connectivity index (χ1v) is 9.73. The molecule has 0 unspecified atom stereocenters. The second kappa shape index (κ2) is 7.28. The number of amides is 1. The molecular weight excluding hydrogens is 410 g/mol. The van der Waals surface area contributed by atoms with Crippen molar-refractivity contribution < 1.29 is 14.1 Å². The molecule has 0 N–H and O–H groups in total. The highest BCUT2D eigenvalue weighted by molar-refractivity contribution is 6.15. The second-order valence-corrected chi connectivity index (χ2v) is 7.34. The number of hydrogen-bond donors (Lipinski definition) is 0. The number of aliphatic imine (C=N–C) groups is 1. The monoisotopic (exact) mass is 425 g/mol. The zero-order valence-corrected chi connectivity index (χ0v) is 16.8. The lowest BCUT2D eigenvalue weighted by Crippen LogP contribution is -2.28. The summed E-state index contributed by atoms with van der Waals surface area (Å²) in [5.41, 5.74) is 1.57. The molecule has 8 nitrogen and oxygen atoms in total. The van der Waals surface area contributed by atoms with Gasteiger partial charge in [-0.1, -0.05) is 29.8 Å². The summed E-state index contributed by atoms with van der Waals surface area (Å²) >= 11 is 0. The smallest absolute Gasteiger partial charge is 0.271 e. The Morgan fingerprint density at radius 2 is 1.84 bits per heavy atom. The maximum absolute atomic E-state index is 13.6. The van der Waals surface area contributed by atoms with Crippen molar-refractivity contribution in [2.24, 2.45) is 4.99 Å². The fourth-order valence-electron chi connectivity index (χ4n) is 3.66. The Morgan fingerprint density at radius 3 is 2.59 bits per heavy atom. The largest absolute Gasteiger partial charge is 0.439 e. The van der Waals surface area contributed by atoms with Crippen molar-refractivity contribution >= 4 is 46.0 Å². The Labute approximate surface area is 181 Å². The molecule has 1 aromatic heterocycles. The van der Waals surface area contributed by atoms with E-state index in [1.165, 1.54) is 29.3 Å². The number of fused-ring (bicyclic) bond motifs is 3. The van der Waals surface area contributed by atoms with Crippen molar-refractivity contribution in [3.8, 4) is 0 Å². The summed E-state index contributed by atoms with van der Waals surface area (Å²) in [5.74, 6) is -0.446. The fraction of sp³-hybridized carbons (Fsp3) is 0.0417. The van der Waals surface area contributed by atoms with Gasteiger partial charge in [0.1, 0.15) is 11.1 Å². The van der Waals surface area contributed by atoms with Crippen LogP contribution in [0.2, 0.25) is 0 Å². The van der Waals surface area contributed by atoms with Gasteiger partial charge in [-0.25, -0.2) is 4.90 Å². The molecule has 8 heteroatoms. The predicted molar refractivity (Wildman–Crippen MR) is 120 cm³/mol. The van der Waals surface area contributed by atoms with Crippen molar-refractivity contribution in [1.82, 2.24) is 0 Å². The van der Waals surface area contributed by atoms with E-state index in [0.29, 0.717) is 16.5 Å². The number of carbonyl (C=O) groups is 1. The summed E-state index contributed by atoms with van der Waals surface area (Å²) in [6.45, 7) is 1.86. The van der Waals surface area contributed by atoms with E-state index in [0.717, 1.165) is 5.56 Å². The van der Waals surface area contributed by atoms with Crippen molar-refractivity contribution in [2.75, 3.05) is 4.90 Å². The Hall–Kier alpha value is -4.59. The second-order valence-electron chi connectivity index (χ2n) is 7.34. The molecule has 0 saturated carbocycles. The zero-order chi connectivity index (χ0) is 22.4. The summed E-state index contributed by atoms with van der Waals surface area (Å²) in [6, 6.07) is 17.7. The first-order chi connectivity index (χ1) is 15.4. The van der Waals surface area contributed by atoms with E-state index in [2.05, 4.69) is 4.99 Å². The highest BCUT2D eigenvalue weighted by Gasteiger charge is 2.31. The summed E-state index contributed by atoms with van der Waals surface area (Å²) in [4.78, 5) is 43.2. The summed E-state index contributed by atoms with van der Waals surface area (Å²) in [5, 5.41) is 11.6. The minimum atomic E-state index is -0.544. The van der Waals surface area contributed by atoms with Gasteiger partial charge in [-0.2, -0.15) is 0 Å². The average molecular weight is 425 g/mol. The van der Waals surface area contributed by atoms with Crippen LogP contribution in [0, 0.1) is 17.0 Å². The lowest BCUT2D eigenvalue weighted by atomic mass is 10.1. The molecule has 1 aliphatic rings. The van der Waals surface area contributed by atoms with Crippen LogP contribution in [0.1, 0.15) is 21.5 Å². The molecular formula is C24H15N3O5. The summed E-state index contributed by atoms with van der Waals surface area (Å²) in [6.07, 6.45) is 1.30. The molecule has 3 aromatic carbocycles. The van der Waals surface area contributed by atoms with Gasteiger partial charge in [-0.15, -0.1) is 0 Å². The molecule has 0 spiro atoms. The highest BCUT2D eigenvalue weighted by atomic mass is 16.6. The van der Waals surface area contributed by atoms with E-state index in [-0.39, 0.29) is 33.9 Å². The van der Waals surface area contributed by atoms with Crippen LogP contribution in [0.15, 0.2) is 80.9 Å². The van der Waals surface area contributed by atoms with E-state index >= 15 is 0 Å². The lowest BCUT2D eigenvalue weighted by molar-refractivity contribution is -0.384. The number of non-ortho nitro benzene ring substituents is 1. The van der Waals surface area contributed by atoms with Gasteiger partial charge in [0.2, 0.25) is 11.3 Å². The van der Waals surface area contributed by atoms with E-state index in [9.17, 15) is 19.7 Å². The van der Waals surface area contributed by atoms with Gasteiger partial charge < -0.3 is 4.42 Å². The van der Waals surface area contributed by atoms with E-state index in [4.69, 9.17) is 4.42 Å². The van der Waals surface area contributed by atoms with Crippen molar-refractivity contribution in [2.45, 2.75) is 6.92 Å². The Bertz CT molecular complexity index is 1510. The molecule has 0 bridgehead atoms. The van der Waals surface area contributed by atoms with Crippen LogP contribution in [0.25, 0.3) is 11.0 Å². The minimum Gasteiger partial charge on any atom is -0.439 e. The molecule has 2 heterocycles. The van der Waals surface area contributed by atoms with Crippen LogP contribution < -0.4 is 10.3 Å². The Balaban J connectivity index is 1.84. The molecule has 0 radical (unpaired) electrons. The molecule has 1 amide bonds. The average Bonchev–Trinajstić information content (AvgIpc) is 2.96. The van der Waals surface area contributed by atoms with Crippen LogP contribution in [0.5, 0.6) is 0 Å². The molecule has 0 saturated heterocycles. The number of nitrogens with zero attached hydrogens (tertiary/aromatic N) is 3. The van der Waals surface area contributed by atoms with Crippen LogP contribution in [-0.2, 0) is 0 Å². The molecule has 5 rings (SSSR count). The van der Waals surface area contributed by atoms with Crippen LogP contribution in [0.4, 0.5) is 22.9 Å². The zero-order valence-electron chi connectivity index (χ0n) is 16.8. The third kappa shape index (κ3) is 3.05. The molecule has 1 aliphatic heterocycles. The normalized spacial score (nSPS) is 12.2. The number of nitro groups is 1. The van der Waals surface area contributed by atoms with Gasteiger partial charge in [0.25, 0.3) is 11.6 Å². The molecule has 32 heavy (non-hydrogen) atoms. The first-order valence-electron chi connectivity index (χ1n) is 9.73. The quantitative estimate of drug-likeness (QED) is 0.330. The van der Waals surface area contributed by atoms with Crippen molar-refractivity contribution in [3.63, 3.8) is 0 Å². The van der Waals surface area contributed by atoms with Gasteiger partial charge in [-0.05, 0) is 37.3 Å². The summed E-state index contributed by atoms with van der Waals surface area (Å²) < 4.78 is 6.07. The minimum absolute atomic E-state index is 0.0107. The third-order valence-corrected chi connectivity index (χ3v) is 5.23. The molecule has 0 aliphatic carbocycles. The SMILES string of the molecule is Cc1ccc2oc3c(c(=O)c2c1)C=Nc1cc([N+](=O)[O-])ccc1N3C(=O)c1ccccc1. The van der Waals surface area contributed by atoms with E-state index < -0.39 is 10.8 Å². The van der Waals surface area contributed by atoms with Gasteiger partial charge in [0.05, 0.1) is 21.7 Å². The predicted octanol–water partition coefficient (Wildman–Crippen LogP) is 5.05. The Morgan fingerprint density at radius 1 is 1.06 bits per heavy atom. The van der Waals surface area contributed by atoms with Crippen molar-refractivity contribution in [3.05, 3.63) is 104 Å². The Kier molecular flexibility index (Phi) is 4.41. The molecule has 0 atom stereocenters. The third-order valence-electron chi connectivity index (χ3n) is 5.23.